The van der Waals surface area contributed by atoms with E-state index in [1.807, 2.05) is 0 Å². The molecule has 0 spiro atoms. The molecule has 0 radical (unpaired) electrons. The third-order valence-corrected chi connectivity index (χ3v) is 4.27. The van der Waals surface area contributed by atoms with E-state index in [0.29, 0.717) is 18.5 Å². The summed E-state index contributed by atoms with van der Waals surface area (Å²) >= 11 is 11.6. The second kappa shape index (κ2) is 8.07. The number of fused-ring (bicyclic) bond motifs is 1. The summed E-state index contributed by atoms with van der Waals surface area (Å²) < 4.78 is 19.9. The molecule has 2 aromatic heterocycles. The first-order valence-electron chi connectivity index (χ1n) is 7.70. The average Bonchev–Trinajstić information content (AvgIpc) is 2.82. The number of aromatic nitrogens is 3. The van der Waals surface area contributed by atoms with E-state index in [4.69, 9.17) is 32.8 Å². The highest BCUT2D eigenvalue weighted by Gasteiger charge is 2.19. The van der Waals surface area contributed by atoms with Gasteiger partial charge in [-0.3, -0.25) is 0 Å². The van der Waals surface area contributed by atoms with Crippen LogP contribution in [0, 0.1) is 5.82 Å². The van der Waals surface area contributed by atoms with Crippen LogP contribution >= 0.6 is 23.2 Å². The molecule has 134 valence electrons. The van der Waals surface area contributed by atoms with Crippen LogP contribution < -0.4 is 10.1 Å². The standard InChI is InChI=1S/C15H16Cl2FN5O2/c1-24-23-8-3-2-4-9(19-5-8)7-25-14-10-6-20-15(17)21-12(10)11(18)13(16)22-14/h6,9,19H,2-5,7H2,1H3/t9-/m0/s1. The average molecular weight is 388 g/mol. The number of nitrogens with one attached hydrogen (secondary N) is 1. The molecule has 10 heteroatoms. The van der Waals surface area contributed by atoms with Gasteiger partial charge in [-0.15, -0.1) is 0 Å². The van der Waals surface area contributed by atoms with Gasteiger partial charge in [0.05, 0.1) is 11.1 Å². The van der Waals surface area contributed by atoms with Crippen LogP contribution in [0.15, 0.2) is 11.4 Å². The molecule has 1 aliphatic heterocycles. The Morgan fingerprint density at radius 3 is 3.04 bits per heavy atom. The molecule has 1 saturated heterocycles. The number of hydrogen-bond acceptors (Lipinski definition) is 7. The minimum Gasteiger partial charge on any atom is -0.475 e. The van der Waals surface area contributed by atoms with Gasteiger partial charge in [-0.25, -0.2) is 14.4 Å². The summed E-state index contributed by atoms with van der Waals surface area (Å²) in [7, 11) is 1.53. The zero-order valence-electron chi connectivity index (χ0n) is 13.4. The lowest BCUT2D eigenvalue weighted by atomic mass is 10.1. The van der Waals surface area contributed by atoms with Gasteiger partial charge in [-0.2, -0.15) is 4.98 Å². The van der Waals surface area contributed by atoms with Crippen molar-refractivity contribution in [1.29, 1.82) is 0 Å². The summed E-state index contributed by atoms with van der Waals surface area (Å²) in [6.45, 7) is 0.964. The van der Waals surface area contributed by atoms with E-state index in [-0.39, 0.29) is 27.9 Å². The molecule has 3 heterocycles. The van der Waals surface area contributed by atoms with Crippen molar-refractivity contribution >= 4 is 39.8 Å². The molecule has 1 N–H and O–H groups in total. The number of hydrogen-bond donors (Lipinski definition) is 1. The van der Waals surface area contributed by atoms with E-state index in [1.54, 1.807) is 0 Å². The molecule has 3 rings (SSSR count). The first-order chi connectivity index (χ1) is 12.1. The molecular formula is C15H16Cl2FN5O2. The third kappa shape index (κ3) is 4.26. The van der Waals surface area contributed by atoms with E-state index in [2.05, 4.69) is 25.4 Å². The minimum atomic E-state index is -0.749. The maximum absolute atomic E-state index is 14.1. The molecule has 0 aliphatic carbocycles. The number of halogens is 3. The van der Waals surface area contributed by atoms with Crippen LogP contribution in [0.25, 0.3) is 10.9 Å². The van der Waals surface area contributed by atoms with Crippen molar-refractivity contribution in [2.24, 2.45) is 5.16 Å². The first-order valence-corrected chi connectivity index (χ1v) is 8.46. The van der Waals surface area contributed by atoms with E-state index >= 15 is 0 Å². The van der Waals surface area contributed by atoms with Gasteiger partial charge >= 0.3 is 0 Å². The van der Waals surface area contributed by atoms with Crippen molar-refractivity contribution in [3.8, 4) is 5.88 Å². The van der Waals surface area contributed by atoms with Gasteiger partial charge in [0, 0.05) is 18.8 Å². The lowest BCUT2D eigenvalue weighted by Crippen LogP contribution is -2.35. The number of nitrogens with zero attached hydrogens (tertiary/aromatic N) is 4. The second-order valence-electron chi connectivity index (χ2n) is 5.54. The van der Waals surface area contributed by atoms with Crippen molar-refractivity contribution in [2.75, 3.05) is 20.3 Å². The molecule has 0 unspecified atom stereocenters. The molecule has 0 bridgehead atoms. The molecule has 0 amide bonds. The molecule has 2 aromatic rings. The lowest BCUT2D eigenvalue weighted by Gasteiger charge is -2.17. The number of rotatable bonds is 4. The molecule has 1 aliphatic rings. The topological polar surface area (TPSA) is 81.5 Å². The zero-order chi connectivity index (χ0) is 17.8. The largest absolute Gasteiger partial charge is 0.475 e. The van der Waals surface area contributed by atoms with Crippen LogP contribution in [0.1, 0.15) is 19.3 Å². The fourth-order valence-electron chi connectivity index (χ4n) is 2.62. The van der Waals surface area contributed by atoms with Gasteiger partial charge in [0.1, 0.15) is 19.2 Å². The van der Waals surface area contributed by atoms with Crippen molar-refractivity contribution in [2.45, 2.75) is 25.3 Å². The highest BCUT2D eigenvalue weighted by atomic mass is 35.5. The van der Waals surface area contributed by atoms with Crippen molar-refractivity contribution in [3.05, 3.63) is 22.5 Å². The van der Waals surface area contributed by atoms with Crippen LogP contribution in [-0.4, -0.2) is 47.0 Å². The normalized spacial score (nSPS) is 19.8. The van der Waals surface area contributed by atoms with Gasteiger partial charge in [0.2, 0.25) is 11.2 Å². The monoisotopic (exact) mass is 387 g/mol. The summed E-state index contributed by atoms with van der Waals surface area (Å²) in [5.41, 5.74) is 0.944. The van der Waals surface area contributed by atoms with Crippen molar-refractivity contribution in [3.63, 3.8) is 0 Å². The van der Waals surface area contributed by atoms with E-state index in [1.165, 1.54) is 13.3 Å². The Labute approximate surface area is 153 Å². The number of oxime groups is 1. The Hall–Kier alpha value is -1.77. The Bertz CT molecular complexity index is 805. The lowest BCUT2D eigenvalue weighted by molar-refractivity contribution is 0.211. The number of pyridine rings is 1. The minimum absolute atomic E-state index is 0.0154. The highest BCUT2D eigenvalue weighted by Crippen LogP contribution is 2.29. The SMILES string of the molecule is CON=C1CCC[C@@H](COc2nc(Cl)c(F)c3nc(Cl)ncc23)NC1. The number of ether oxygens (including phenoxy) is 1. The molecule has 25 heavy (non-hydrogen) atoms. The fraction of sp³-hybridized carbons (Fsp3) is 0.467. The molecule has 7 nitrogen and oxygen atoms in total. The van der Waals surface area contributed by atoms with Gasteiger partial charge < -0.3 is 14.9 Å². The van der Waals surface area contributed by atoms with Crippen LogP contribution in [0.4, 0.5) is 4.39 Å². The summed E-state index contributed by atoms with van der Waals surface area (Å²) in [5.74, 6) is -0.573. The molecular weight excluding hydrogens is 372 g/mol. The van der Waals surface area contributed by atoms with Crippen molar-refractivity contribution in [1.82, 2.24) is 20.3 Å². The first kappa shape index (κ1) is 18.0. The van der Waals surface area contributed by atoms with Crippen LogP contribution in [0.5, 0.6) is 5.88 Å². The van der Waals surface area contributed by atoms with Crippen molar-refractivity contribution < 1.29 is 14.0 Å². The molecule has 0 saturated carbocycles. The smallest absolute Gasteiger partial charge is 0.226 e. The van der Waals surface area contributed by atoms with E-state index < -0.39 is 5.82 Å². The predicted molar refractivity (Wildman–Crippen MR) is 92.9 cm³/mol. The van der Waals surface area contributed by atoms with Crippen LogP contribution in [-0.2, 0) is 4.84 Å². The third-order valence-electron chi connectivity index (χ3n) is 3.83. The maximum Gasteiger partial charge on any atom is 0.226 e. The maximum atomic E-state index is 14.1. The Morgan fingerprint density at radius 2 is 2.24 bits per heavy atom. The summed E-state index contributed by atoms with van der Waals surface area (Å²) in [6.07, 6.45) is 4.10. The quantitative estimate of drug-likeness (QED) is 0.493. The fourth-order valence-corrected chi connectivity index (χ4v) is 2.92. The van der Waals surface area contributed by atoms with E-state index in [9.17, 15) is 4.39 Å². The second-order valence-corrected chi connectivity index (χ2v) is 6.24. The van der Waals surface area contributed by atoms with Gasteiger partial charge in [0.25, 0.3) is 0 Å². The van der Waals surface area contributed by atoms with Gasteiger partial charge in [0.15, 0.2) is 11.0 Å². The summed E-state index contributed by atoms with van der Waals surface area (Å²) in [4.78, 5) is 16.5. The zero-order valence-corrected chi connectivity index (χ0v) is 14.9. The summed E-state index contributed by atoms with van der Waals surface area (Å²) in [5, 5.41) is 7.25. The van der Waals surface area contributed by atoms with Crippen LogP contribution in [0.2, 0.25) is 10.4 Å². The summed E-state index contributed by atoms with van der Waals surface area (Å²) in [6, 6.07) is 0.0958. The van der Waals surface area contributed by atoms with E-state index in [0.717, 1.165) is 25.0 Å². The molecule has 1 atom stereocenters. The Balaban J connectivity index is 1.75. The molecule has 0 aromatic carbocycles. The van der Waals surface area contributed by atoms with Crippen LogP contribution in [0.3, 0.4) is 0 Å². The van der Waals surface area contributed by atoms with Gasteiger partial charge in [-0.1, -0.05) is 16.8 Å². The van der Waals surface area contributed by atoms with Gasteiger partial charge in [-0.05, 0) is 30.9 Å². The predicted octanol–water partition coefficient (Wildman–Crippen LogP) is 2.99. The molecule has 1 fully saturated rings. The Morgan fingerprint density at radius 1 is 1.40 bits per heavy atom. The Kier molecular flexibility index (Phi) is 5.82. The highest BCUT2D eigenvalue weighted by molar-refractivity contribution is 6.30.